The maximum absolute atomic E-state index is 14.2. The van der Waals surface area contributed by atoms with E-state index < -0.39 is 22.0 Å². The van der Waals surface area contributed by atoms with Crippen LogP contribution in [0.1, 0.15) is 50.8 Å². The number of fused-ring (bicyclic) bond motifs is 1. The number of anilines is 1. The molecule has 0 aliphatic carbocycles. The third kappa shape index (κ3) is 6.94. The third-order valence-corrected chi connectivity index (χ3v) is 11.1. The Morgan fingerprint density at radius 2 is 1.46 bits per heavy atom. The summed E-state index contributed by atoms with van der Waals surface area (Å²) < 4.78 is 12.7. The van der Waals surface area contributed by atoms with E-state index in [4.69, 9.17) is 14.6 Å². The van der Waals surface area contributed by atoms with Gasteiger partial charge in [0.25, 0.3) is 0 Å². The fraction of sp³-hybridized carbons (Fsp3) is 0.273. The molecule has 1 fully saturated rings. The van der Waals surface area contributed by atoms with Gasteiger partial charge in [0.1, 0.15) is 21.6 Å². The highest BCUT2D eigenvalue weighted by Gasteiger charge is 2.47. The van der Waals surface area contributed by atoms with Crippen molar-refractivity contribution in [3.05, 3.63) is 144 Å². The molecule has 0 radical (unpaired) electrons. The molecule has 3 heterocycles. The highest BCUT2D eigenvalue weighted by Crippen LogP contribution is 2.45. The minimum absolute atomic E-state index is 0.163. The summed E-state index contributed by atoms with van der Waals surface area (Å²) in [6.07, 6.45) is 3.75. The SMILES string of the molecule is CCOc1cc(-c2nn(C(c3ccccc3)(c3ccccc3)c3ccccc3)c3ccc(NC(=O)[C@]4(SC)CCN(C(=O)OC(C)(C)C)C4)cc23)ccn1. The number of benzene rings is 4. The lowest BCUT2D eigenvalue weighted by molar-refractivity contribution is -0.118. The topological polar surface area (TPSA) is 98.6 Å². The van der Waals surface area contributed by atoms with E-state index in [1.807, 2.05) is 82.5 Å². The average Bonchev–Trinajstić information content (AvgIpc) is 3.80. The summed E-state index contributed by atoms with van der Waals surface area (Å²) in [5, 5.41) is 9.56. The maximum atomic E-state index is 14.2. The number of carbonyl (C=O) groups is 2. The highest BCUT2D eigenvalue weighted by atomic mass is 32.2. The van der Waals surface area contributed by atoms with Crippen LogP contribution in [0.4, 0.5) is 10.5 Å². The molecule has 0 unspecified atom stereocenters. The summed E-state index contributed by atoms with van der Waals surface area (Å²) in [6, 6.07) is 41.1. The molecular formula is C44H45N5O4S. The normalized spacial score (nSPS) is 16.0. The van der Waals surface area contributed by atoms with Crippen LogP contribution in [0.2, 0.25) is 0 Å². The van der Waals surface area contributed by atoms with Crippen LogP contribution < -0.4 is 10.1 Å². The van der Waals surface area contributed by atoms with Crippen LogP contribution in [0.5, 0.6) is 5.88 Å². The number of nitrogens with zero attached hydrogens (tertiary/aromatic N) is 4. The predicted molar refractivity (Wildman–Crippen MR) is 216 cm³/mol. The van der Waals surface area contributed by atoms with E-state index in [-0.39, 0.29) is 12.5 Å². The quantitative estimate of drug-likeness (QED) is 0.140. The molecule has 0 spiro atoms. The van der Waals surface area contributed by atoms with E-state index in [1.54, 1.807) is 11.1 Å². The molecule has 2 amide bonds. The summed E-state index contributed by atoms with van der Waals surface area (Å²) in [6.45, 7) is 8.62. The molecule has 1 saturated heterocycles. The summed E-state index contributed by atoms with van der Waals surface area (Å²) >= 11 is 1.46. The number of amides is 2. The molecule has 1 aliphatic heterocycles. The predicted octanol–water partition coefficient (Wildman–Crippen LogP) is 9.02. The number of hydrogen-bond donors (Lipinski definition) is 1. The fourth-order valence-corrected chi connectivity index (χ4v) is 8.12. The fourth-order valence-electron chi connectivity index (χ4n) is 7.31. The Labute approximate surface area is 320 Å². The van der Waals surface area contributed by atoms with Crippen molar-refractivity contribution >= 4 is 40.4 Å². The van der Waals surface area contributed by atoms with E-state index in [9.17, 15) is 9.59 Å². The van der Waals surface area contributed by atoms with E-state index in [2.05, 4.69) is 87.8 Å². The number of nitrogens with one attached hydrogen (secondary N) is 1. The lowest BCUT2D eigenvalue weighted by Crippen LogP contribution is -2.44. The first-order valence-corrected chi connectivity index (χ1v) is 19.4. The van der Waals surface area contributed by atoms with Gasteiger partial charge < -0.3 is 19.7 Å². The third-order valence-electron chi connectivity index (χ3n) is 9.82. The molecule has 276 valence electrons. The molecule has 9 nitrogen and oxygen atoms in total. The van der Waals surface area contributed by atoms with E-state index in [0.717, 1.165) is 33.2 Å². The smallest absolute Gasteiger partial charge is 0.410 e. The average molecular weight is 740 g/mol. The minimum atomic E-state index is -0.876. The Morgan fingerprint density at radius 1 is 0.852 bits per heavy atom. The van der Waals surface area contributed by atoms with Gasteiger partial charge in [-0.1, -0.05) is 91.0 Å². The van der Waals surface area contributed by atoms with Gasteiger partial charge in [-0.25, -0.2) is 14.5 Å². The molecule has 1 N–H and O–H groups in total. The molecule has 1 aliphatic rings. The van der Waals surface area contributed by atoms with Gasteiger partial charge >= 0.3 is 6.09 Å². The zero-order valence-electron chi connectivity index (χ0n) is 31.3. The Bertz CT molecular complexity index is 2160. The van der Waals surface area contributed by atoms with Crippen LogP contribution in [0.25, 0.3) is 22.2 Å². The first-order valence-electron chi connectivity index (χ1n) is 18.2. The van der Waals surface area contributed by atoms with Crippen LogP contribution in [0.3, 0.4) is 0 Å². The summed E-state index contributed by atoms with van der Waals surface area (Å²) in [5.74, 6) is 0.337. The number of carbonyl (C=O) groups excluding carboxylic acids is 2. The molecule has 1 atom stereocenters. The second-order valence-corrected chi connectivity index (χ2v) is 15.6. The second kappa shape index (κ2) is 15.0. The van der Waals surface area contributed by atoms with Crippen molar-refractivity contribution in [3.63, 3.8) is 0 Å². The van der Waals surface area contributed by atoms with Gasteiger partial charge in [0, 0.05) is 42.0 Å². The van der Waals surface area contributed by atoms with Gasteiger partial charge in [-0.2, -0.15) is 5.10 Å². The van der Waals surface area contributed by atoms with Gasteiger partial charge in [0.2, 0.25) is 11.8 Å². The van der Waals surface area contributed by atoms with Crippen molar-refractivity contribution < 1.29 is 19.1 Å². The molecule has 2 aromatic heterocycles. The maximum Gasteiger partial charge on any atom is 0.410 e. The monoisotopic (exact) mass is 739 g/mol. The van der Waals surface area contributed by atoms with Gasteiger partial charge in [-0.3, -0.25) is 4.79 Å². The summed E-state index contributed by atoms with van der Waals surface area (Å²) in [5.41, 5.74) is 4.65. The Balaban J connectivity index is 1.40. The van der Waals surface area contributed by atoms with Crippen molar-refractivity contribution in [2.45, 2.75) is 50.0 Å². The number of rotatable bonds is 10. The van der Waals surface area contributed by atoms with Gasteiger partial charge in [0.15, 0.2) is 0 Å². The van der Waals surface area contributed by atoms with Crippen molar-refractivity contribution in [1.82, 2.24) is 19.7 Å². The lowest BCUT2D eigenvalue weighted by Gasteiger charge is -2.37. The molecule has 54 heavy (non-hydrogen) atoms. The van der Waals surface area contributed by atoms with Crippen LogP contribution in [0.15, 0.2) is 128 Å². The molecule has 0 bridgehead atoms. The molecular weight excluding hydrogens is 695 g/mol. The zero-order valence-corrected chi connectivity index (χ0v) is 32.1. The number of ether oxygens (including phenoxy) is 2. The molecule has 10 heteroatoms. The van der Waals surface area contributed by atoms with Gasteiger partial charge in [0.05, 0.1) is 12.1 Å². The molecule has 0 saturated carbocycles. The van der Waals surface area contributed by atoms with Gasteiger partial charge in [-0.05, 0) is 81.3 Å². The van der Waals surface area contributed by atoms with Crippen LogP contribution in [0, 0.1) is 0 Å². The number of hydrogen-bond acceptors (Lipinski definition) is 7. The van der Waals surface area contributed by atoms with Crippen molar-refractivity contribution in [2.75, 3.05) is 31.3 Å². The summed E-state index contributed by atoms with van der Waals surface area (Å²) in [4.78, 5) is 33.2. The first kappa shape index (κ1) is 36.7. The van der Waals surface area contributed by atoms with E-state index in [0.29, 0.717) is 36.8 Å². The molecule has 7 rings (SSSR count). The Hall–Kier alpha value is -5.61. The number of pyridine rings is 1. The van der Waals surface area contributed by atoms with Crippen molar-refractivity contribution in [1.29, 1.82) is 0 Å². The van der Waals surface area contributed by atoms with Crippen LogP contribution >= 0.6 is 11.8 Å². The van der Waals surface area contributed by atoms with E-state index >= 15 is 0 Å². The Morgan fingerprint density at radius 3 is 2.02 bits per heavy atom. The number of thioether (sulfide) groups is 1. The second-order valence-electron chi connectivity index (χ2n) is 14.4. The number of likely N-dealkylation sites (tertiary alicyclic amines) is 1. The Kier molecular flexibility index (Phi) is 10.2. The summed E-state index contributed by atoms with van der Waals surface area (Å²) in [7, 11) is 0. The highest BCUT2D eigenvalue weighted by molar-refractivity contribution is 8.00. The van der Waals surface area contributed by atoms with Crippen molar-refractivity contribution in [2.24, 2.45) is 0 Å². The standard InChI is InChI=1S/C44H45N5O4S/c1-6-52-38-28-31(24-26-45-38)39-36-29-35(46-40(50)43(54-5)25-27-48(30-43)41(51)53-42(2,3)4)22-23-37(36)49(47-39)44(32-16-10-7-11-17-32,33-18-12-8-13-19-33)34-20-14-9-15-21-34/h7-24,26,28-29H,6,25,27,30H2,1-5H3,(H,46,50)/t43-/m0/s1. The first-order chi connectivity index (χ1) is 26.1. The largest absolute Gasteiger partial charge is 0.478 e. The van der Waals surface area contributed by atoms with Crippen LogP contribution in [-0.2, 0) is 15.1 Å². The minimum Gasteiger partial charge on any atom is -0.478 e. The zero-order chi connectivity index (χ0) is 37.9. The molecule has 4 aromatic carbocycles. The lowest BCUT2D eigenvalue weighted by atomic mass is 9.77. The van der Waals surface area contributed by atoms with Gasteiger partial charge in [-0.15, -0.1) is 11.8 Å². The molecule has 6 aromatic rings. The van der Waals surface area contributed by atoms with Crippen LogP contribution in [-0.4, -0.2) is 68.0 Å². The van der Waals surface area contributed by atoms with Crippen molar-refractivity contribution in [3.8, 4) is 17.1 Å². The number of aromatic nitrogens is 3. The van der Waals surface area contributed by atoms with E-state index in [1.165, 1.54) is 11.8 Å².